The Hall–Kier alpha value is -1.68. The van der Waals surface area contributed by atoms with E-state index in [0.29, 0.717) is 0 Å². The maximum atomic E-state index is 6.01. The van der Waals surface area contributed by atoms with E-state index in [1.54, 1.807) is 18.0 Å². The highest BCUT2D eigenvalue weighted by Gasteiger charge is 2.10. The lowest BCUT2D eigenvalue weighted by atomic mass is 10.1. The molecule has 2 rings (SSSR count). The first-order valence-electron chi connectivity index (χ1n) is 7.89. The van der Waals surface area contributed by atoms with Crippen LogP contribution in [0.1, 0.15) is 38.7 Å². The molecular formula is C18H24N2OS. The third-order valence-corrected chi connectivity index (χ3v) is 4.04. The second-order valence-electron chi connectivity index (χ2n) is 4.98. The fraction of sp³-hybridized carbons (Fsp3) is 0.389. The first-order chi connectivity index (χ1) is 10.9. The number of aromatic nitrogens is 2. The standard InChI is InChI=1S/C18H24N2OS/c1-3-5-8-13-21-18-10-7-6-9-16(18)17(14-22-4-2)20-12-11-19-15-20/h6-7,9-12,14-15H,3-5,8,13H2,1-2H3/b17-14+. The average Bonchev–Trinajstić information content (AvgIpc) is 3.07. The molecular weight excluding hydrogens is 292 g/mol. The van der Waals surface area contributed by atoms with Crippen molar-refractivity contribution in [2.75, 3.05) is 12.4 Å². The van der Waals surface area contributed by atoms with Crippen LogP contribution in [-0.2, 0) is 0 Å². The number of rotatable bonds is 9. The van der Waals surface area contributed by atoms with Crippen molar-refractivity contribution >= 4 is 17.5 Å². The third kappa shape index (κ3) is 4.67. The molecule has 118 valence electrons. The summed E-state index contributed by atoms with van der Waals surface area (Å²) in [5, 5.41) is 2.18. The lowest BCUT2D eigenvalue weighted by Crippen LogP contribution is -2.03. The largest absolute Gasteiger partial charge is 0.493 e. The van der Waals surface area contributed by atoms with Crippen LogP contribution >= 0.6 is 11.8 Å². The maximum Gasteiger partial charge on any atom is 0.128 e. The predicted octanol–water partition coefficient (Wildman–Crippen LogP) is 5.05. The van der Waals surface area contributed by atoms with Gasteiger partial charge in [-0.15, -0.1) is 11.8 Å². The number of para-hydroxylation sites is 1. The first-order valence-corrected chi connectivity index (χ1v) is 8.94. The van der Waals surface area contributed by atoms with E-state index < -0.39 is 0 Å². The van der Waals surface area contributed by atoms with E-state index in [-0.39, 0.29) is 0 Å². The monoisotopic (exact) mass is 316 g/mol. The van der Waals surface area contributed by atoms with Crippen LogP contribution in [0.2, 0.25) is 0 Å². The van der Waals surface area contributed by atoms with Crippen LogP contribution in [0.15, 0.2) is 48.4 Å². The van der Waals surface area contributed by atoms with Gasteiger partial charge in [0.05, 0.1) is 18.6 Å². The third-order valence-electron chi connectivity index (χ3n) is 3.31. The van der Waals surface area contributed by atoms with Gasteiger partial charge in [0, 0.05) is 18.0 Å². The van der Waals surface area contributed by atoms with Crippen molar-refractivity contribution in [3.63, 3.8) is 0 Å². The molecule has 0 aliphatic rings. The van der Waals surface area contributed by atoms with Gasteiger partial charge in [-0.25, -0.2) is 4.98 Å². The summed E-state index contributed by atoms with van der Waals surface area (Å²) in [5.74, 6) is 1.98. The van der Waals surface area contributed by atoms with Crippen molar-refractivity contribution in [1.29, 1.82) is 0 Å². The summed E-state index contributed by atoms with van der Waals surface area (Å²) in [7, 11) is 0. The molecule has 22 heavy (non-hydrogen) atoms. The highest BCUT2D eigenvalue weighted by atomic mass is 32.2. The van der Waals surface area contributed by atoms with E-state index in [1.165, 1.54) is 12.8 Å². The maximum absolute atomic E-state index is 6.01. The Morgan fingerprint density at radius 3 is 2.86 bits per heavy atom. The number of thioether (sulfide) groups is 1. The lowest BCUT2D eigenvalue weighted by Gasteiger charge is -2.15. The van der Waals surface area contributed by atoms with Crippen molar-refractivity contribution < 1.29 is 4.74 Å². The second-order valence-corrected chi connectivity index (χ2v) is 6.13. The molecule has 0 atom stereocenters. The first kappa shape index (κ1) is 16.7. The molecule has 0 saturated carbocycles. The van der Waals surface area contributed by atoms with Crippen molar-refractivity contribution in [2.45, 2.75) is 33.1 Å². The van der Waals surface area contributed by atoms with Gasteiger partial charge < -0.3 is 9.30 Å². The van der Waals surface area contributed by atoms with Crippen LogP contribution < -0.4 is 4.74 Å². The van der Waals surface area contributed by atoms with Gasteiger partial charge in [0.1, 0.15) is 5.75 Å². The van der Waals surface area contributed by atoms with Crippen LogP contribution in [0, 0.1) is 0 Å². The number of imidazole rings is 1. The quantitative estimate of drug-likeness (QED) is 0.606. The van der Waals surface area contributed by atoms with Crippen LogP contribution in [0.4, 0.5) is 0 Å². The molecule has 0 fully saturated rings. The minimum absolute atomic E-state index is 0.767. The fourth-order valence-electron chi connectivity index (χ4n) is 2.17. The zero-order valence-electron chi connectivity index (χ0n) is 13.4. The molecule has 0 N–H and O–H groups in total. The van der Waals surface area contributed by atoms with Crippen molar-refractivity contribution in [3.05, 3.63) is 54.0 Å². The predicted molar refractivity (Wildman–Crippen MR) is 95.2 cm³/mol. The minimum Gasteiger partial charge on any atom is -0.493 e. The molecule has 3 nitrogen and oxygen atoms in total. The molecule has 1 aromatic heterocycles. The minimum atomic E-state index is 0.767. The van der Waals surface area contributed by atoms with E-state index in [4.69, 9.17) is 4.74 Å². The molecule has 0 aliphatic heterocycles. The lowest BCUT2D eigenvalue weighted by molar-refractivity contribution is 0.305. The summed E-state index contributed by atoms with van der Waals surface area (Å²) < 4.78 is 8.05. The van der Waals surface area contributed by atoms with Crippen molar-refractivity contribution in [2.24, 2.45) is 0 Å². The Labute approximate surface area is 137 Å². The van der Waals surface area contributed by atoms with Gasteiger partial charge in [-0.1, -0.05) is 38.8 Å². The zero-order chi connectivity index (χ0) is 15.6. The van der Waals surface area contributed by atoms with Crippen molar-refractivity contribution in [3.8, 4) is 5.75 Å². The van der Waals surface area contributed by atoms with Crippen molar-refractivity contribution in [1.82, 2.24) is 9.55 Å². The second kappa shape index (κ2) is 9.36. The summed E-state index contributed by atoms with van der Waals surface area (Å²) in [6.07, 6.45) is 9.11. The van der Waals surface area contributed by atoms with Gasteiger partial charge in [-0.2, -0.15) is 0 Å². The molecule has 0 saturated heterocycles. The van der Waals surface area contributed by atoms with Gasteiger partial charge in [0.15, 0.2) is 0 Å². The van der Waals surface area contributed by atoms with Crippen LogP contribution in [0.25, 0.3) is 5.70 Å². The molecule has 0 unspecified atom stereocenters. The van der Waals surface area contributed by atoms with Gasteiger partial charge in [-0.3, -0.25) is 0 Å². The molecule has 0 spiro atoms. The van der Waals surface area contributed by atoms with Crippen LogP contribution in [0.3, 0.4) is 0 Å². The highest BCUT2D eigenvalue weighted by molar-refractivity contribution is 8.02. The summed E-state index contributed by atoms with van der Waals surface area (Å²) in [5.41, 5.74) is 2.22. The Morgan fingerprint density at radius 2 is 2.14 bits per heavy atom. The van der Waals surface area contributed by atoms with Gasteiger partial charge in [0.25, 0.3) is 0 Å². The zero-order valence-corrected chi connectivity index (χ0v) is 14.2. The molecule has 0 amide bonds. The van der Waals surface area contributed by atoms with Gasteiger partial charge >= 0.3 is 0 Å². The summed E-state index contributed by atoms with van der Waals surface area (Å²) in [4.78, 5) is 4.16. The number of hydrogen-bond acceptors (Lipinski definition) is 3. The molecule has 2 aromatic rings. The topological polar surface area (TPSA) is 27.1 Å². The Morgan fingerprint density at radius 1 is 1.27 bits per heavy atom. The van der Waals surface area contributed by atoms with Crippen LogP contribution in [0.5, 0.6) is 5.75 Å². The van der Waals surface area contributed by atoms with E-state index in [9.17, 15) is 0 Å². The number of unbranched alkanes of at least 4 members (excludes halogenated alkanes) is 2. The number of hydrogen-bond donors (Lipinski definition) is 0. The highest BCUT2D eigenvalue weighted by Crippen LogP contribution is 2.29. The van der Waals surface area contributed by atoms with Gasteiger partial charge in [0.2, 0.25) is 0 Å². The number of nitrogens with zero attached hydrogens (tertiary/aromatic N) is 2. The Bertz CT molecular complexity index is 579. The summed E-state index contributed by atoms with van der Waals surface area (Å²) in [6, 6.07) is 8.23. The van der Waals surface area contributed by atoms with Crippen LogP contribution in [-0.4, -0.2) is 21.9 Å². The van der Waals surface area contributed by atoms with E-state index in [0.717, 1.165) is 35.8 Å². The molecule has 0 aliphatic carbocycles. The van der Waals surface area contributed by atoms with E-state index in [2.05, 4.69) is 36.4 Å². The number of ether oxygens (including phenoxy) is 1. The molecule has 0 bridgehead atoms. The summed E-state index contributed by atoms with van der Waals surface area (Å²) in [6.45, 7) is 5.12. The number of benzene rings is 1. The molecule has 4 heteroatoms. The Balaban J connectivity index is 2.24. The molecule has 0 radical (unpaired) electrons. The SMILES string of the molecule is CCCCCOc1ccccc1/C(=C\SCC)n1ccnc1. The Kier molecular flexibility index (Phi) is 7.10. The van der Waals surface area contributed by atoms with E-state index in [1.807, 2.05) is 29.2 Å². The molecule has 1 heterocycles. The van der Waals surface area contributed by atoms with Gasteiger partial charge in [-0.05, 0) is 29.7 Å². The summed E-state index contributed by atoms with van der Waals surface area (Å²) >= 11 is 1.78. The fourth-order valence-corrected chi connectivity index (χ4v) is 2.74. The smallest absolute Gasteiger partial charge is 0.128 e. The molecule has 1 aromatic carbocycles. The normalized spacial score (nSPS) is 11.6. The average molecular weight is 316 g/mol. The van der Waals surface area contributed by atoms with E-state index >= 15 is 0 Å².